The highest BCUT2D eigenvalue weighted by molar-refractivity contribution is 7.19. The highest BCUT2D eigenvalue weighted by Gasteiger charge is 2.11. The molecule has 3 heterocycles. The van der Waals surface area contributed by atoms with Gasteiger partial charge in [0, 0.05) is 16.6 Å². The molecule has 0 spiro atoms. The molecular formula is C27H23NO2S. The van der Waals surface area contributed by atoms with Gasteiger partial charge in [0.1, 0.15) is 12.4 Å². The van der Waals surface area contributed by atoms with Crippen molar-refractivity contribution in [3.8, 4) is 16.9 Å². The van der Waals surface area contributed by atoms with E-state index in [1.165, 1.54) is 15.0 Å². The van der Waals surface area contributed by atoms with E-state index in [-0.39, 0.29) is 5.56 Å². The van der Waals surface area contributed by atoms with Crippen LogP contribution in [0.25, 0.3) is 26.7 Å². The van der Waals surface area contributed by atoms with Gasteiger partial charge >= 0.3 is 0 Å². The molecule has 0 saturated carbocycles. The van der Waals surface area contributed by atoms with Crippen molar-refractivity contribution in [3.05, 3.63) is 106 Å². The van der Waals surface area contributed by atoms with E-state index < -0.39 is 0 Å². The fraction of sp³-hybridized carbons (Fsp3) is 0.148. The molecule has 0 radical (unpaired) electrons. The van der Waals surface area contributed by atoms with Gasteiger partial charge in [0.15, 0.2) is 0 Å². The summed E-state index contributed by atoms with van der Waals surface area (Å²) in [5, 5.41) is 1.21. The number of fused-ring (bicyclic) bond motifs is 3. The topological polar surface area (TPSA) is 30.7 Å². The van der Waals surface area contributed by atoms with Crippen molar-refractivity contribution in [3.63, 3.8) is 0 Å². The summed E-state index contributed by atoms with van der Waals surface area (Å²) in [4.78, 5) is 14.6. The number of ether oxygens (including phenoxy) is 1. The smallest absolute Gasteiger partial charge is 0.262 e. The maximum atomic E-state index is 13.2. The van der Waals surface area contributed by atoms with E-state index in [0.717, 1.165) is 35.2 Å². The number of aromatic nitrogens is 1. The fourth-order valence-corrected chi connectivity index (χ4v) is 5.15. The average Bonchev–Trinajstić information content (AvgIpc) is 3.22. The number of hydrogen-bond acceptors (Lipinski definition) is 3. The lowest BCUT2D eigenvalue weighted by Crippen LogP contribution is -2.15. The molecule has 5 aromatic rings. The molecular weight excluding hydrogens is 402 g/mol. The lowest BCUT2D eigenvalue weighted by Gasteiger charge is -2.09. The summed E-state index contributed by atoms with van der Waals surface area (Å²) in [6.07, 6.45) is 4.09. The highest BCUT2D eigenvalue weighted by Crippen LogP contribution is 2.30. The Morgan fingerprint density at radius 3 is 2.52 bits per heavy atom. The molecule has 0 aliphatic rings. The summed E-state index contributed by atoms with van der Waals surface area (Å²) in [5.41, 5.74) is 3.69. The second-order valence-corrected chi connectivity index (χ2v) is 8.81. The summed E-state index contributed by atoms with van der Waals surface area (Å²) in [6.45, 7) is 2.72. The minimum atomic E-state index is 0.00259. The molecule has 0 saturated heterocycles. The molecule has 3 aromatic heterocycles. The van der Waals surface area contributed by atoms with Crippen LogP contribution in [0.2, 0.25) is 0 Å². The first-order valence-corrected chi connectivity index (χ1v) is 11.4. The molecule has 31 heavy (non-hydrogen) atoms. The average molecular weight is 426 g/mol. The van der Waals surface area contributed by atoms with Gasteiger partial charge in [-0.15, -0.1) is 11.3 Å². The minimum Gasteiger partial charge on any atom is -0.489 e. The van der Waals surface area contributed by atoms with E-state index in [2.05, 4.69) is 19.1 Å². The predicted molar refractivity (Wildman–Crippen MR) is 129 cm³/mol. The monoisotopic (exact) mass is 425 g/mol. The molecule has 0 amide bonds. The van der Waals surface area contributed by atoms with Gasteiger partial charge in [-0.25, -0.2) is 0 Å². The van der Waals surface area contributed by atoms with Crippen molar-refractivity contribution in [1.82, 2.24) is 4.40 Å². The predicted octanol–water partition coefficient (Wildman–Crippen LogP) is 6.71. The van der Waals surface area contributed by atoms with Crippen molar-refractivity contribution in [2.75, 3.05) is 0 Å². The van der Waals surface area contributed by atoms with Crippen LogP contribution in [-0.4, -0.2) is 4.40 Å². The van der Waals surface area contributed by atoms with Gasteiger partial charge in [-0.1, -0.05) is 55.8 Å². The molecule has 0 atom stereocenters. The van der Waals surface area contributed by atoms with E-state index in [0.29, 0.717) is 12.2 Å². The number of hydrogen-bond donors (Lipinski definition) is 0. The quantitative estimate of drug-likeness (QED) is 0.303. The lowest BCUT2D eigenvalue weighted by molar-refractivity contribution is 0.306. The second-order valence-electron chi connectivity index (χ2n) is 7.67. The Hall–Kier alpha value is -3.37. The fourth-order valence-electron chi connectivity index (χ4n) is 3.88. The normalized spacial score (nSPS) is 11.3. The van der Waals surface area contributed by atoms with Gasteiger partial charge in [-0.2, -0.15) is 0 Å². The van der Waals surface area contributed by atoms with E-state index in [1.807, 2.05) is 72.9 Å². The molecule has 0 unspecified atom stereocenters. The van der Waals surface area contributed by atoms with E-state index in [4.69, 9.17) is 4.74 Å². The molecule has 0 bridgehead atoms. The zero-order valence-corrected chi connectivity index (χ0v) is 18.2. The van der Waals surface area contributed by atoms with Crippen LogP contribution in [0.1, 0.15) is 23.8 Å². The standard InChI is InChI=1S/C27H23NO2S/c1-2-6-23-17-21-15-16-28-25(26(21)31-23)14-13-24(27(28)29)20-9-11-22(12-10-20)30-18-19-7-4-3-5-8-19/h3-5,7-17H,2,6,18H2,1H3. The number of thiophene rings is 1. The van der Waals surface area contributed by atoms with Crippen molar-refractivity contribution < 1.29 is 4.74 Å². The molecule has 0 aliphatic carbocycles. The minimum absolute atomic E-state index is 0.00259. The number of pyridine rings is 2. The van der Waals surface area contributed by atoms with E-state index >= 15 is 0 Å². The zero-order chi connectivity index (χ0) is 21.2. The Balaban J connectivity index is 1.45. The number of benzene rings is 2. The summed E-state index contributed by atoms with van der Waals surface area (Å²) < 4.78 is 8.82. The van der Waals surface area contributed by atoms with Crippen molar-refractivity contribution in [1.29, 1.82) is 0 Å². The van der Waals surface area contributed by atoms with Crippen LogP contribution in [0.15, 0.2) is 89.9 Å². The largest absolute Gasteiger partial charge is 0.489 e. The van der Waals surface area contributed by atoms with Crippen molar-refractivity contribution >= 4 is 26.9 Å². The first-order valence-electron chi connectivity index (χ1n) is 10.6. The molecule has 154 valence electrons. The van der Waals surface area contributed by atoms with Crippen molar-refractivity contribution in [2.24, 2.45) is 0 Å². The summed E-state index contributed by atoms with van der Waals surface area (Å²) in [6, 6.07) is 26.1. The van der Waals surface area contributed by atoms with Crippen molar-refractivity contribution in [2.45, 2.75) is 26.4 Å². The van der Waals surface area contributed by atoms with Crippen LogP contribution in [0.5, 0.6) is 5.75 Å². The Morgan fingerprint density at radius 1 is 0.935 bits per heavy atom. The lowest BCUT2D eigenvalue weighted by atomic mass is 10.1. The molecule has 3 nitrogen and oxygen atoms in total. The van der Waals surface area contributed by atoms with Crippen LogP contribution >= 0.6 is 11.3 Å². The molecule has 2 aromatic carbocycles. The summed E-state index contributed by atoms with van der Waals surface area (Å²) in [7, 11) is 0. The number of nitrogens with zero attached hydrogens (tertiary/aromatic N) is 1. The van der Waals surface area contributed by atoms with Crippen LogP contribution in [0.4, 0.5) is 0 Å². The zero-order valence-electron chi connectivity index (χ0n) is 17.4. The molecule has 5 rings (SSSR count). The van der Waals surface area contributed by atoms with Gasteiger partial charge < -0.3 is 4.74 Å². The van der Waals surface area contributed by atoms with Crippen LogP contribution < -0.4 is 10.3 Å². The Kier molecular flexibility index (Phi) is 5.31. The molecule has 0 aliphatic heterocycles. The van der Waals surface area contributed by atoms with Gasteiger partial charge in [0.2, 0.25) is 0 Å². The number of aryl methyl sites for hydroxylation is 1. The van der Waals surface area contributed by atoms with Gasteiger partial charge in [-0.05, 0) is 59.3 Å². The van der Waals surface area contributed by atoms with Gasteiger partial charge in [0.05, 0.1) is 10.2 Å². The van der Waals surface area contributed by atoms with Crippen LogP contribution in [0, 0.1) is 0 Å². The van der Waals surface area contributed by atoms with E-state index in [1.54, 1.807) is 15.7 Å². The Bertz CT molecular complexity index is 1400. The second kappa shape index (κ2) is 8.40. The SMILES string of the molecule is CCCc1cc2ccn3c(=O)c(-c4ccc(OCc5ccccc5)cc4)ccc3c2s1. The third kappa shape index (κ3) is 3.87. The summed E-state index contributed by atoms with van der Waals surface area (Å²) in [5.74, 6) is 0.789. The molecule has 0 N–H and O–H groups in total. The molecule has 0 fully saturated rings. The Labute approximate surface area is 185 Å². The number of rotatable bonds is 6. The summed E-state index contributed by atoms with van der Waals surface area (Å²) >= 11 is 1.79. The van der Waals surface area contributed by atoms with Crippen LogP contribution in [-0.2, 0) is 13.0 Å². The first-order chi connectivity index (χ1) is 15.2. The van der Waals surface area contributed by atoms with Gasteiger partial charge in [0.25, 0.3) is 5.56 Å². The Morgan fingerprint density at radius 2 is 1.74 bits per heavy atom. The third-order valence-electron chi connectivity index (χ3n) is 5.47. The maximum Gasteiger partial charge on any atom is 0.262 e. The van der Waals surface area contributed by atoms with Gasteiger partial charge in [-0.3, -0.25) is 9.20 Å². The maximum absolute atomic E-state index is 13.2. The third-order valence-corrected chi connectivity index (χ3v) is 6.71. The highest BCUT2D eigenvalue weighted by atomic mass is 32.1. The molecule has 4 heteroatoms. The van der Waals surface area contributed by atoms with Crippen LogP contribution in [0.3, 0.4) is 0 Å². The first kappa shape index (κ1) is 19.6. The van der Waals surface area contributed by atoms with E-state index in [9.17, 15) is 4.79 Å².